The van der Waals surface area contributed by atoms with E-state index in [1.54, 1.807) is 0 Å². The number of rotatable bonds is 6. The van der Waals surface area contributed by atoms with E-state index >= 15 is 0 Å². The van der Waals surface area contributed by atoms with Gasteiger partial charge in [-0.05, 0) is 26.3 Å². The number of nitrogens with two attached hydrogens (primary N) is 1. The predicted molar refractivity (Wildman–Crippen MR) is 46.9 cm³/mol. The lowest BCUT2D eigenvalue weighted by molar-refractivity contribution is 0.312. The van der Waals surface area contributed by atoms with Crippen molar-refractivity contribution in [3.8, 4) is 0 Å². The van der Waals surface area contributed by atoms with Crippen molar-refractivity contribution in [3.63, 3.8) is 0 Å². The predicted octanol–water partition coefficient (Wildman–Crippen LogP) is 1.52. The zero-order valence-electron chi connectivity index (χ0n) is 7.23. The van der Waals surface area contributed by atoms with Crippen molar-refractivity contribution < 1.29 is 4.74 Å². The fourth-order valence-corrected chi connectivity index (χ4v) is 0.853. The molecule has 0 aromatic carbocycles. The van der Waals surface area contributed by atoms with E-state index in [0.29, 0.717) is 12.5 Å². The average Bonchev–Trinajstić information content (AvgIpc) is 1.99. The molecule has 0 radical (unpaired) electrons. The van der Waals surface area contributed by atoms with Gasteiger partial charge >= 0.3 is 0 Å². The van der Waals surface area contributed by atoms with E-state index in [0.717, 1.165) is 32.2 Å². The molecule has 0 aromatic heterocycles. The highest BCUT2D eigenvalue weighted by Gasteiger charge is 1.95. The highest BCUT2D eigenvalue weighted by Crippen LogP contribution is 2.00. The minimum absolute atomic E-state index is 0.407. The third-order valence-electron chi connectivity index (χ3n) is 1.43. The molecular weight excluding hydrogens is 140 g/mol. The smallest absolute Gasteiger partial charge is 0.180 e. The van der Waals surface area contributed by atoms with Gasteiger partial charge in [0.1, 0.15) is 0 Å². The molecule has 0 rings (SSSR count). The number of unbranched alkanes of at least 4 members (excludes halogenated alkanes) is 2. The second kappa shape index (κ2) is 7.54. The van der Waals surface area contributed by atoms with Gasteiger partial charge in [0.25, 0.3) is 0 Å². The lowest BCUT2D eigenvalue weighted by Gasteiger charge is -2.03. The van der Waals surface area contributed by atoms with E-state index in [9.17, 15) is 0 Å². The summed E-state index contributed by atoms with van der Waals surface area (Å²) >= 11 is 0. The molecule has 0 fully saturated rings. The van der Waals surface area contributed by atoms with Crippen LogP contribution in [0.25, 0.3) is 0 Å². The standard InChI is InChI=1S/C8H18N2O/c1-2-11-8(10)6-4-3-5-7-9/h10H,2-7,9H2,1H3. The van der Waals surface area contributed by atoms with Crippen LogP contribution in [0.3, 0.4) is 0 Å². The third kappa shape index (κ3) is 7.33. The molecule has 0 aliphatic heterocycles. The second-order valence-electron chi connectivity index (χ2n) is 2.46. The van der Waals surface area contributed by atoms with Crippen LogP contribution in [-0.4, -0.2) is 19.0 Å². The Bertz CT molecular complexity index is 104. The fourth-order valence-electron chi connectivity index (χ4n) is 0.853. The summed E-state index contributed by atoms with van der Waals surface area (Å²) in [5.74, 6) is 0.407. The maximum atomic E-state index is 7.27. The zero-order valence-corrected chi connectivity index (χ0v) is 7.23. The van der Waals surface area contributed by atoms with Crippen molar-refractivity contribution in [2.45, 2.75) is 32.6 Å². The van der Waals surface area contributed by atoms with Crippen molar-refractivity contribution in [1.29, 1.82) is 5.41 Å². The molecule has 0 heterocycles. The first-order valence-electron chi connectivity index (χ1n) is 4.21. The van der Waals surface area contributed by atoms with Crippen molar-refractivity contribution in [3.05, 3.63) is 0 Å². The average molecular weight is 158 g/mol. The molecule has 11 heavy (non-hydrogen) atoms. The summed E-state index contributed by atoms with van der Waals surface area (Å²) in [5, 5.41) is 7.27. The van der Waals surface area contributed by atoms with Gasteiger partial charge in [0, 0.05) is 6.42 Å². The van der Waals surface area contributed by atoms with E-state index in [4.69, 9.17) is 15.9 Å². The number of hydrogen-bond donors (Lipinski definition) is 2. The molecule has 3 heteroatoms. The van der Waals surface area contributed by atoms with Gasteiger partial charge in [-0.3, -0.25) is 5.41 Å². The summed E-state index contributed by atoms with van der Waals surface area (Å²) in [5.41, 5.74) is 5.32. The van der Waals surface area contributed by atoms with Crippen molar-refractivity contribution in [1.82, 2.24) is 0 Å². The van der Waals surface area contributed by atoms with Gasteiger partial charge in [-0.25, -0.2) is 0 Å². The Hall–Kier alpha value is -0.570. The summed E-state index contributed by atoms with van der Waals surface area (Å²) in [6, 6.07) is 0. The molecular formula is C8H18N2O. The van der Waals surface area contributed by atoms with Gasteiger partial charge in [-0.15, -0.1) is 0 Å². The molecule has 0 spiro atoms. The number of nitrogens with one attached hydrogen (secondary N) is 1. The van der Waals surface area contributed by atoms with Crippen LogP contribution in [0.4, 0.5) is 0 Å². The Morgan fingerprint density at radius 3 is 2.64 bits per heavy atom. The van der Waals surface area contributed by atoms with E-state index in [1.807, 2.05) is 6.92 Å². The van der Waals surface area contributed by atoms with Crippen LogP contribution in [0, 0.1) is 5.41 Å². The highest BCUT2D eigenvalue weighted by molar-refractivity contribution is 5.72. The molecule has 0 aliphatic rings. The summed E-state index contributed by atoms with van der Waals surface area (Å²) in [6.45, 7) is 3.26. The summed E-state index contributed by atoms with van der Waals surface area (Å²) in [7, 11) is 0. The molecule has 3 nitrogen and oxygen atoms in total. The van der Waals surface area contributed by atoms with E-state index in [-0.39, 0.29) is 0 Å². The molecule has 0 aromatic rings. The number of ether oxygens (including phenoxy) is 1. The summed E-state index contributed by atoms with van der Waals surface area (Å²) in [4.78, 5) is 0. The Balaban J connectivity index is 3.04. The first-order chi connectivity index (χ1) is 5.31. The Morgan fingerprint density at radius 2 is 2.09 bits per heavy atom. The van der Waals surface area contributed by atoms with Crippen LogP contribution in [-0.2, 0) is 4.74 Å². The van der Waals surface area contributed by atoms with E-state index in [1.165, 1.54) is 0 Å². The normalized spacial score (nSPS) is 9.64. The van der Waals surface area contributed by atoms with Gasteiger partial charge in [-0.2, -0.15) is 0 Å². The minimum Gasteiger partial charge on any atom is -0.481 e. The SMILES string of the molecule is CCOC(=N)CCCCCN. The first-order valence-corrected chi connectivity index (χ1v) is 4.21. The van der Waals surface area contributed by atoms with E-state index in [2.05, 4.69) is 0 Å². The van der Waals surface area contributed by atoms with Gasteiger partial charge < -0.3 is 10.5 Å². The van der Waals surface area contributed by atoms with Crippen LogP contribution >= 0.6 is 0 Å². The molecule has 3 N–H and O–H groups in total. The lowest BCUT2D eigenvalue weighted by atomic mass is 10.2. The molecule has 0 saturated heterocycles. The maximum Gasteiger partial charge on any atom is 0.180 e. The molecule has 0 saturated carbocycles. The van der Waals surface area contributed by atoms with Crippen molar-refractivity contribution >= 4 is 5.90 Å². The molecule has 0 unspecified atom stereocenters. The second-order valence-corrected chi connectivity index (χ2v) is 2.46. The van der Waals surface area contributed by atoms with Crippen LogP contribution < -0.4 is 5.73 Å². The quantitative estimate of drug-likeness (QED) is 0.350. The maximum absolute atomic E-state index is 7.27. The van der Waals surface area contributed by atoms with Crippen molar-refractivity contribution in [2.24, 2.45) is 5.73 Å². The van der Waals surface area contributed by atoms with Crippen LogP contribution in [0.1, 0.15) is 32.6 Å². The molecule has 0 amide bonds. The van der Waals surface area contributed by atoms with Gasteiger partial charge in [-0.1, -0.05) is 6.42 Å². The van der Waals surface area contributed by atoms with Gasteiger partial charge in [0.15, 0.2) is 5.90 Å². The minimum atomic E-state index is 0.407. The molecule has 0 bridgehead atoms. The monoisotopic (exact) mass is 158 g/mol. The van der Waals surface area contributed by atoms with Crippen LogP contribution in [0.5, 0.6) is 0 Å². The summed E-state index contributed by atoms with van der Waals surface area (Å²) in [6.07, 6.45) is 3.94. The van der Waals surface area contributed by atoms with Gasteiger partial charge in [0.05, 0.1) is 6.61 Å². The number of hydrogen-bond acceptors (Lipinski definition) is 3. The van der Waals surface area contributed by atoms with Gasteiger partial charge in [0.2, 0.25) is 0 Å². The Morgan fingerprint density at radius 1 is 1.36 bits per heavy atom. The zero-order chi connectivity index (χ0) is 8.53. The Labute approximate surface area is 68.4 Å². The van der Waals surface area contributed by atoms with Crippen molar-refractivity contribution in [2.75, 3.05) is 13.2 Å². The lowest BCUT2D eigenvalue weighted by Crippen LogP contribution is -2.03. The largest absolute Gasteiger partial charge is 0.481 e. The molecule has 0 atom stereocenters. The van der Waals surface area contributed by atoms with Crippen LogP contribution in [0.15, 0.2) is 0 Å². The third-order valence-corrected chi connectivity index (χ3v) is 1.43. The topological polar surface area (TPSA) is 59.1 Å². The van der Waals surface area contributed by atoms with E-state index < -0.39 is 0 Å². The summed E-state index contributed by atoms with van der Waals surface area (Å²) < 4.78 is 4.97. The molecule has 0 aliphatic carbocycles. The van der Waals surface area contributed by atoms with Crippen LogP contribution in [0.2, 0.25) is 0 Å². The molecule has 66 valence electrons. The first kappa shape index (κ1) is 10.4. The highest BCUT2D eigenvalue weighted by atomic mass is 16.5. The fraction of sp³-hybridized carbons (Fsp3) is 0.875. The Kier molecular flexibility index (Phi) is 7.15.